The second-order valence-corrected chi connectivity index (χ2v) is 30.3. The largest absolute Gasteiger partial charge is 0.309 e. The van der Waals surface area contributed by atoms with Crippen LogP contribution in [0.5, 0.6) is 0 Å². The molecule has 0 saturated carbocycles. The number of rotatable bonds is 13. The van der Waals surface area contributed by atoms with E-state index < -0.39 is 0 Å². The highest BCUT2D eigenvalue weighted by molar-refractivity contribution is 7.26. The van der Waals surface area contributed by atoms with Crippen LogP contribution in [0.1, 0.15) is 0 Å². The summed E-state index contributed by atoms with van der Waals surface area (Å²) < 4.78 is 5.06. The molecule has 2 nitrogen and oxygen atoms in total. The predicted octanol–water partition coefficient (Wildman–Crippen LogP) is 30.8. The molecule has 0 radical (unpaired) electrons. The molecule has 0 aliphatic carbocycles. The van der Waals surface area contributed by atoms with Crippen LogP contribution in [-0.4, -0.2) is 0 Å². The normalized spacial score (nSPS) is 11.7. The third-order valence-corrected chi connectivity index (χ3v) is 24.2. The van der Waals surface area contributed by atoms with Crippen molar-refractivity contribution < 1.29 is 0 Å². The molecule has 21 rings (SSSR count). The molecule has 0 aliphatic rings. The summed E-state index contributed by atoms with van der Waals surface area (Å²) >= 11 is 3.72. The number of anilines is 6. The Labute approximate surface area is 634 Å². The number of hydrogen-bond acceptors (Lipinski definition) is 4. The lowest BCUT2D eigenvalue weighted by Gasteiger charge is -2.30. The molecule has 0 aliphatic heterocycles. The van der Waals surface area contributed by atoms with E-state index in [0.717, 1.165) is 95.3 Å². The molecule has 2 aromatic heterocycles. The Kier molecular flexibility index (Phi) is 15.3. The zero-order chi connectivity index (χ0) is 71.2. The summed E-state index contributed by atoms with van der Waals surface area (Å²) in [5.41, 5.74) is 22.8. The van der Waals surface area contributed by atoms with Gasteiger partial charge in [0, 0.05) is 62.8 Å². The van der Waals surface area contributed by atoms with E-state index >= 15 is 0 Å². The van der Waals surface area contributed by atoms with Crippen molar-refractivity contribution in [3.8, 4) is 77.9 Å². The molecule has 19 aromatic carbocycles. The van der Waals surface area contributed by atoms with E-state index in [1.807, 2.05) is 22.7 Å². The molecule has 0 saturated heterocycles. The van der Waals surface area contributed by atoms with E-state index in [4.69, 9.17) is 0 Å². The second-order valence-electron chi connectivity index (χ2n) is 28.2. The zero-order valence-corrected chi connectivity index (χ0v) is 60.4. The van der Waals surface area contributed by atoms with Crippen LogP contribution in [0.15, 0.2) is 400 Å². The average molecular weight is 1410 g/mol. The highest BCUT2D eigenvalue weighted by Gasteiger charge is 2.26. The first-order valence-corrected chi connectivity index (χ1v) is 38.6. The maximum atomic E-state index is 2.54. The molecule has 108 heavy (non-hydrogen) atoms. The second kappa shape index (κ2) is 26.3. The first-order chi connectivity index (χ1) is 53.5. The summed E-state index contributed by atoms with van der Waals surface area (Å²) in [5.74, 6) is 0. The maximum absolute atomic E-state index is 2.54. The quantitative estimate of drug-likeness (QED) is 0.106. The number of hydrogen-bond donors (Lipinski definition) is 0. The first-order valence-electron chi connectivity index (χ1n) is 37.0. The molecule has 0 spiro atoms. The van der Waals surface area contributed by atoms with Gasteiger partial charge < -0.3 is 9.80 Å². The molecule has 21 aromatic rings. The van der Waals surface area contributed by atoms with Gasteiger partial charge in [-0.15, -0.1) is 22.7 Å². The van der Waals surface area contributed by atoms with Crippen LogP contribution >= 0.6 is 22.7 Å². The Balaban J connectivity index is 0.673. The summed E-state index contributed by atoms with van der Waals surface area (Å²) in [5, 5.41) is 17.4. The lowest BCUT2D eigenvalue weighted by molar-refractivity contribution is 1.30. The van der Waals surface area contributed by atoms with Crippen LogP contribution < -0.4 is 9.80 Å². The minimum Gasteiger partial charge on any atom is -0.309 e. The van der Waals surface area contributed by atoms with Gasteiger partial charge in [-0.3, -0.25) is 0 Å². The third kappa shape index (κ3) is 10.8. The van der Waals surface area contributed by atoms with E-state index in [1.165, 1.54) is 111 Å². The fourth-order valence-electron chi connectivity index (χ4n) is 17.0. The molecule has 504 valence electrons. The standard InChI is InChI=1S/C104H66N2S2/c1-2-25-67(26-3-1)77-63-78(65-80(64-77)106(98-50-24-54-102-104(98)93-44-13-17-52-100(93)108-102)96-48-15-11-38-86(96)76-34-19-31-73(61-76)82-45-21-28-68-27-4-5-36-81(68)82)70-30-18-29-69(59-70)71-55-57-84-72(60-71)35-22-46-83(84)74-32-20-33-75(62-74)85-37-10-14-47-95(85)105(97-49-23-53-101-103(97)92-43-12-16-51-99(92)107-101)79-56-58-91-89-41-7-6-39-87(89)88-40-8-9-42-90(88)94(91)66-79/h1-66H. The van der Waals surface area contributed by atoms with Crippen LogP contribution in [0.4, 0.5) is 34.1 Å². The van der Waals surface area contributed by atoms with E-state index in [1.54, 1.807) is 0 Å². The average Bonchev–Trinajstić information content (AvgIpc) is 1.23. The van der Waals surface area contributed by atoms with Crippen molar-refractivity contribution >= 4 is 151 Å². The minimum atomic E-state index is 1.07. The molecule has 4 heteroatoms. The van der Waals surface area contributed by atoms with Crippen molar-refractivity contribution in [2.45, 2.75) is 0 Å². The van der Waals surface area contributed by atoms with Crippen molar-refractivity contribution in [3.05, 3.63) is 400 Å². The van der Waals surface area contributed by atoms with Gasteiger partial charge in [0.05, 0.1) is 22.7 Å². The van der Waals surface area contributed by atoms with Crippen LogP contribution in [0, 0.1) is 0 Å². The van der Waals surface area contributed by atoms with Gasteiger partial charge >= 0.3 is 0 Å². The molecular weight excluding hydrogens is 1340 g/mol. The van der Waals surface area contributed by atoms with E-state index in [0.29, 0.717) is 0 Å². The predicted molar refractivity (Wildman–Crippen MR) is 467 cm³/mol. The molecule has 0 amide bonds. The fourth-order valence-corrected chi connectivity index (χ4v) is 19.3. The Morgan fingerprint density at radius 2 is 0.500 bits per heavy atom. The number of nitrogens with zero attached hydrogens (tertiary/aromatic N) is 2. The van der Waals surface area contributed by atoms with Gasteiger partial charge in [-0.25, -0.2) is 0 Å². The monoisotopic (exact) mass is 1410 g/mol. The Morgan fingerprint density at radius 1 is 0.157 bits per heavy atom. The summed E-state index contributed by atoms with van der Waals surface area (Å²) in [6.07, 6.45) is 0. The molecule has 0 N–H and O–H groups in total. The first kappa shape index (κ1) is 63.0. The van der Waals surface area contributed by atoms with Crippen molar-refractivity contribution in [1.82, 2.24) is 0 Å². The molecule has 0 fully saturated rings. The van der Waals surface area contributed by atoms with Crippen molar-refractivity contribution in [3.63, 3.8) is 0 Å². The minimum absolute atomic E-state index is 1.07. The van der Waals surface area contributed by atoms with Gasteiger partial charge in [0.25, 0.3) is 0 Å². The van der Waals surface area contributed by atoms with E-state index in [-0.39, 0.29) is 0 Å². The Morgan fingerprint density at radius 3 is 1.09 bits per heavy atom. The summed E-state index contributed by atoms with van der Waals surface area (Å²) in [6, 6.07) is 149. The smallest absolute Gasteiger partial charge is 0.0555 e. The summed E-state index contributed by atoms with van der Waals surface area (Å²) in [6.45, 7) is 0. The van der Waals surface area contributed by atoms with Gasteiger partial charge in [-0.05, 0) is 224 Å². The molecule has 0 atom stereocenters. The number of thiophene rings is 2. The third-order valence-electron chi connectivity index (χ3n) is 22.0. The highest BCUT2D eigenvalue weighted by atomic mass is 32.1. The van der Waals surface area contributed by atoms with Crippen LogP contribution in [0.3, 0.4) is 0 Å². The van der Waals surface area contributed by atoms with Gasteiger partial charge in [0.1, 0.15) is 0 Å². The van der Waals surface area contributed by atoms with Gasteiger partial charge in [0.2, 0.25) is 0 Å². The number of fused-ring (bicyclic) bond motifs is 14. The van der Waals surface area contributed by atoms with Gasteiger partial charge in [-0.2, -0.15) is 0 Å². The number of benzene rings is 19. The van der Waals surface area contributed by atoms with Crippen LogP contribution in [0.25, 0.3) is 172 Å². The van der Waals surface area contributed by atoms with Crippen LogP contribution in [-0.2, 0) is 0 Å². The lowest BCUT2D eigenvalue weighted by atomic mass is 9.91. The molecule has 2 heterocycles. The Hall–Kier alpha value is -13.5. The Bertz CT molecular complexity index is 7120. The van der Waals surface area contributed by atoms with Gasteiger partial charge in [0.15, 0.2) is 0 Å². The van der Waals surface area contributed by atoms with E-state index in [2.05, 4.69) is 410 Å². The van der Waals surface area contributed by atoms with Crippen molar-refractivity contribution in [2.75, 3.05) is 9.80 Å². The summed E-state index contributed by atoms with van der Waals surface area (Å²) in [7, 11) is 0. The molecular formula is C104H66N2S2. The SMILES string of the molecule is c1ccc(-c2cc(-c3cccc(-c4ccc5c(-c6cccc(-c7ccccc7N(c7ccc8c9ccccc9c9ccccc9c8c7)c7cccc8sc9ccccc9c78)c6)cccc5c4)c3)cc(N(c3ccccc3-c3cccc(-c4cccc5ccccc45)c3)c3cccc4sc5ccccc5c34)c2)cc1. The van der Waals surface area contributed by atoms with Crippen LogP contribution in [0.2, 0.25) is 0 Å². The van der Waals surface area contributed by atoms with Crippen molar-refractivity contribution in [2.24, 2.45) is 0 Å². The number of para-hydroxylation sites is 2. The topological polar surface area (TPSA) is 6.48 Å². The molecule has 0 bridgehead atoms. The van der Waals surface area contributed by atoms with Crippen molar-refractivity contribution in [1.29, 1.82) is 0 Å². The lowest BCUT2D eigenvalue weighted by Crippen LogP contribution is -2.12. The van der Waals surface area contributed by atoms with Gasteiger partial charge in [-0.1, -0.05) is 297 Å². The van der Waals surface area contributed by atoms with E-state index in [9.17, 15) is 0 Å². The highest BCUT2D eigenvalue weighted by Crippen LogP contribution is 2.52. The molecule has 0 unspecified atom stereocenters. The fraction of sp³-hybridized carbons (Fsp3) is 0. The summed E-state index contributed by atoms with van der Waals surface area (Å²) in [4.78, 5) is 5.06. The zero-order valence-electron chi connectivity index (χ0n) is 58.8. The maximum Gasteiger partial charge on any atom is 0.0555 e.